The Labute approximate surface area is 86.1 Å². The molecule has 1 aromatic heterocycles. The number of pyridine rings is 1. The number of thioether (sulfide) groups is 1. The predicted octanol–water partition coefficient (Wildman–Crippen LogP) is 0.247. The number of primary sulfonamides is 1. The molecule has 2 rings (SSSR count). The first-order valence-corrected chi connectivity index (χ1v) is 6.51. The van der Waals surface area contributed by atoms with Crippen molar-refractivity contribution in [3.05, 3.63) is 12.1 Å². The van der Waals surface area contributed by atoms with Gasteiger partial charge in [0.05, 0.1) is 0 Å². The van der Waals surface area contributed by atoms with E-state index < -0.39 is 10.0 Å². The molecule has 14 heavy (non-hydrogen) atoms. The average Bonchev–Trinajstić information content (AvgIpc) is 2.16. The monoisotopic (exact) mass is 231 g/mol. The Morgan fingerprint density at radius 3 is 3.00 bits per heavy atom. The lowest BCUT2D eigenvalue weighted by Gasteiger charge is -2.16. The van der Waals surface area contributed by atoms with Crippen LogP contribution in [-0.2, 0) is 10.0 Å². The predicted molar refractivity (Wildman–Crippen MR) is 54.8 cm³/mol. The molecule has 0 radical (unpaired) electrons. The summed E-state index contributed by atoms with van der Waals surface area (Å²) in [6.45, 7) is 0.790. The van der Waals surface area contributed by atoms with Crippen molar-refractivity contribution in [2.45, 2.75) is 9.92 Å². The van der Waals surface area contributed by atoms with Crippen LogP contribution < -0.4 is 10.5 Å². The third-order valence-electron chi connectivity index (χ3n) is 1.78. The van der Waals surface area contributed by atoms with Gasteiger partial charge in [-0.05, 0) is 12.1 Å². The molecule has 0 bridgehead atoms. The number of hydrogen-bond acceptors (Lipinski definition) is 5. The molecule has 2 heterocycles. The largest absolute Gasteiger partial charge is 0.368 e. The summed E-state index contributed by atoms with van der Waals surface area (Å²) in [6.07, 6.45) is 0. The molecule has 0 spiro atoms. The third kappa shape index (κ3) is 1.84. The maximum absolute atomic E-state index is 11.0. The van der Waals surface area contributed by atoms with Gasteiger partial charge < -0.3 is 5.32 Å². The Morgan fingerprint density at radius 2 is 2.29 bits per heavy atom. The number of sulfonamides is 1. The van der Waals surface area contributed by atoms with Gasteiger partial charge in [-0.15, -0.1) is 11.8 Å². The number of nitrogens with two attached hydrogens (primary N) is 1. The molecule has 1 aromatic rings. The van der Waals surface area contributed by atoms with E-state index in [4.69, 9.17) is 5.14 Å². The van der Waals surface area contributed by atoms with Crippen molar-refractivity contribution in [3.63, 3.8) is 0 Å². The normalized spacial score (nSPS) is 15.8. The van der Waals surface area contributed by atoms with E-state index >= 15 is 0 Å². The Morgan fingerprint density at radius 1 is 1.50 bits per heavy atom. The Bertz CT molecular complexity index is 458. The summed E-state index contributed by atoms with van der Waals surface area (Å²) in [5.41, 5.74) is 0. The number of anilines is 1. The number of hydrogen-bond donors (Lipinski definition) is 2. The van der Waals surface area contributed by atoms with Crippen LogP contribution in [0.4, 0.5) is 5.82 Å². The topological polar surface area (TPSA) is 85.1 Å². The van der Waals surface area contributed by atoms with E-state index in [0.29, 0.717) is 5.82 Å². The highest BCUT2D eigenvalue weighted by Crippen LogP contribution is 2.29. The number of aromatic nitrogens is 1. The van der Waals surface area contributed by atoms with Gasteiger partial charge in [0, 0.05) is 17.2 Å². The minimum atomic E-state index is -3.70. The standard InChI is InChI=1S/C7H9N3O2S2/c8-14(11,12)6-2-1-5-7(10-6)9-3-4-13-5/h1-2H,3-4H2,(H,9,10)(H2,8,11,12). The summed E-state index contributed by atoms with van der Waals surface area (Å²) in [6, 6.07) is 3.15. The van der Waals surface area contributed by atoms with E-state index in [1.54, 1.807) is 17.8 Å². The fraction of sp³-hybridized carbons (Fsp3) is 0.286. The van der Waals surface area contributed by atoms with Crippen LogP contribution >= 0.6 is 11.8 Å². The fourth-order valence-electron chi connectivity index (χ4n) is 1.16. The minimum absolute atomic E-state index is 0.0914. The SMILES string of the molecule is NS(=O)(=O)c1ccc2c(n1)NCCS2. The zero-order valence-corrected chi connectivity index (χ0v) is 8.86. The van der Waals surface area contributed by atoms with Crippen LogP contribution in [-0.4, -0.2) is 25.7 Å². The molecule has 3 N–H and O–H groups in total. The third-order valence-corrected chi connectivity index (χ3v) is 3.64. The van der Waals surface area contributed by atoms with Crippen molar-refractivity contribution >= 4 is 27.6 Å². The Hall–Kier alpha value is -0.790. The van der Waals surface area contributed by atoms with E-state index in [2.05, 4.69) is 10.3 Å². The van der Waals surface area contributed by atoms with Crippen molar-refractivity contribution in [1.29, 1.82) is 0 Å². The molecule has 0 saturated carbocycles. The van der Waals surface area contributed by atoms with E-state index in [9.17, 15) is 8.42 Å². The lowest BCUT2D eigenvalue weighted by atomic mass is 10.4. The quantitative estimate of drug-likeness (QED) is 0.723. The van der Waals surface area contributed by atoms with Crippen molar-refractivity contribution < 1.29 is 8.42 Å². The van der Waals surface area contributed by atoms with Gasteiger partial charge in [0.1, 0.15) is 5.82 Å². The molecule has 7 heteroatoms. The maximum atomic E-state index is 11.0. The summed E-state index contributed by atoms with van der Waals surface area (Å²) in [5, 5.41) is 7.90. The molecule has 0 fully saturated rings. The molecule has 1 aliphatic heterocycles. The molecule has 5 nitrogen and oxygen atoms in total. The molecule has 0 aliphatic carbocycles. The molecule has 1 aliphatic rings. The smallest absolute Gasteiger partial charge is 0.255 e. The first kappa shape index (κ1) is 9.75. The van der Waals surface area contributed by atoms with Crippen LogP contribution in [0.5, 0.6) is 0 Å². The summed E-state index contributed by atoms with van der Waals surface area (Å²) in [4.78, 5) is 4.90. The van der Waals surface area contributed by atoms with E-state index in [0.717, 1.165) is 17.2 Å². The molecule has 76 valence electrons. The van der Waals surface area contributed by atoms with Crippen LogP contribution in [0, 0.1) is 0 Å². The first-order valence-electron chi connectivity index (χ1n) is 3.98. The second-order valence-corrected chi connectivity index (χ2v) is 5.46. The summed E-state index contributed by atoms with van der Waals surface area (Å²) in [5.74, 6) is 1.57. The van der Waals surface area contributed by atoms with Gasteiger partial charge in [0.2, 0.25) is 0 Å². The van der Waals surface area contributed by atoms with Gasteiger partial charge in [0.25, 0.3) is 10.0 Å². The highest BCUT2D eigenvalue weighted by molar-refractivity contribution is 7.99. The van der Waals surface area contributed by atoms with Gasteiger partial charge in [-0.2, -0.15) is 0 Å². The van der Waals surface area contributed by atoms with Gasteiger partial charge in [-0.25, -0.2) is 18.5 Å². The summed E-state index contributed by atoms with van der Waals surface area (Å²) < 4.78 is 22.0. The number of nitrogens with zero attached hydrogens (tertiary/aromatic N) is 1. The number of rotatable bonds is 1. The second kappa shape index (κ2) is 3.41. The minimum Gasteiger partial charge on any atom is -0.368 e. The van der Waals surface area contributed by atoms with E-state index in [1.165, 1.54) is 6.07 Å². The van der Waals surface area contributed by atoms with Crippen LogP contribution in [0.2, 0.25) is 0 Å². The molecular weight excluding hydrogens is 222 g/mol. The van der Waals surface area contributed by atoms with Crippen LogP contribution in [0.3, 0.4) is 0 Å². The summed E-state index contributed by atoms with van der Waals surface area (Å²) in [7, 11) is -3.70. The van der Waals surface area contributed by atoms with Crippen LogP contribution in [0.1, 0.15) is 0 Å². The maximum Gasteiger partial charge on any atom is 0.255 e. The zero-order valence-electron chi connectivity index (χ0n) is 7.23. The average molecular weight is 231 g/mol. The lowest BCUT2D eigenvalue weighted by molar-refractivity contribution is 0.594. The van der Waals surface area contributed by atoms with Gasteiger partial charge in [0.15, 0.2) is 5.03 Å². The van der Waals surface area contributed by atoms with Crippen molar-refractivity contribution in [1.82, 2.24) is 4.98 Å². The molecule has 0 aromatic carbocycles. The lowest BCUT2D eigenvalue weighted by Crippen LogP contribution is -2.17. The van der Waals surface area contributed by atoms with Crippen molar-refractivity contribution in [3.8, 4) is 0 Å². The number of nitrogens with one attached hydrogen (secondary N) is 1. The molecule has 0 saturated heterocycles. The Kier molecular flexibility index (Phi) is 2.38. The zero-order chi connectivity index (χ0) is 10.2. The van der Waals surface area contributed by atoms with Gasteiger partial charge >= 0.3 is 0 Å². The van der Waals surface area contributed by atoms with Gasteiger partial charge in [-0.3, -0.25) is 0 Å². The molecule has 0 amide bonds. The van der Waals surface area contributed by atoms with Crippen LogP contribution in [0.25, 0.3) is 0 Å². The highest BCUT2D eigenvalue weighted by Gasteiger charge is 2.15. The van der Waals surface area contributed by atoms with Crippen molar-refractivity contribution in [2.24, 2.45) is 5.14 Å². The second-order valence-electron chi connectivity index (χ2n) is 2.82. The van der Waals surface area contributed by atoms with Crippen LogP contribution in [0.15, 0.2) is 22.1 Å². The highest BCUT2D eigenvalue weighted by atomic mass is 32.2. The van der Waals surface area contributed by atoms with Gasteiger partial charge in [-0.1, -0.05) is 0 Å². The Balaban J connectivity index is 2.49. The summed E-state index contributed by atoms with van der Waals surface area (Å²) >= 11 is 1.65. The first-order chi connectivity index (χ1) is 6.57. The van der Waals surface area contributed by atoms with Crippen molar-refractivity contribution in [2.75, 3.05) is 17.6 Å². The van der Waals surface area contributed by atoms with E-state index in [1.807, 2.05) is 0 Å². The number of fused-ring (bicyclic) bond motifs is 1. The molecule has 0 atom stereocenters. The molecular formula is C7H9N3O2S2. The fourth-order valence-corrected chi connectivity index (χ4v) is 2.48. The molecule has 0 unspecified atom stereocenters. The van der Waals surface area contributed by atoms with E-state index in [-0.39, 0.29) is 5.03 Å².